The molecule has 2 aromatic heterocycles. The van der Waals surface area contributed by atoms with Crippen LogP contribution in [0.25, 0.3) is 11.2 Å². The van der Waals surface area contributed by atoms with Gasteiger partial charge in [-0.3, -0.25) is 29.4 Å². The van der Waals surface area contributed by atoms with Gasteiger partial charge in [-0.25, -0.2) is 4.98 Å². The molecule has 7 rings (SSSR count). The van der Waals surface area contributed by atoms with E-state index < -0.39 is 44.0 Å². The van der Waals surface area contributed by atoms with Crippen LogP contribution in [0.4, 0.5) is 5.95 Å². The first kappa shape index (κ1) is 44.1. The highest BCUT2D eigenvalue weighted by Crippen LogP contribution is 2.46. The van der Waals surface area contributed by atoms with Crippen molar-refractivity contribution in [3.63, 3.8) is 0 Å². The summed E-state index contributed by atoms with van der Waals surface area (Å²) in [5, 5.41) is 2.55. The van der Waals surface area contributed by atoms with Gasteiger partial charge in [0.2, 0.25) is 11.9 Å². The smallest absolute Gasteiger partial charge is 0.280 e. The van der Waals surface area contributed by atoms with Crippen molar-refractivity contribution in [2.45, 2.75) is 82.8 Å². The van der Waals surface area contributed by atoms with Gasteiger partial charge in [-0.15, -0.1) is 0 Å². The number of hydrogen-bond acceptors (Lipinski definition) is 10. The van der Waals surface area contributed by atoms with Crippen LogP contribution in [0.3, 0.4) is 0 Å². The minimum absolute atomic E-state index is 0.00738. The van der Waals surface area contributed by atoms with Crippen molar-refractivity contribution < 1.29 is 28.2 Å². The number of aliphatic imine (C=N–C) groups is 1. The molecule has 6 aromatic rings. The predicted molar refractivity (Wildman–Crippen MR) is 244 cm³/mol. The molecule has 1 amide bonds. The lowest BCUT2D eigenvalue weighted by Gasteiger charge is -2.40. The molecule has 324 valence electrons. The molecule has 1 fully saturated rings. The average molecular weight is 857 g/mol. The number of ether oxygens (including phenoxy) is 4. The second-order valence-corrected chi connectivity index (χ2v) is 22.0. The van der Waals surface area contributed by atoms with Crippen LogP contribution in [0.1, 0.15) is 63.1 Å². The molecule has 2 N–H and O–H groups in total. The molecule has 1 aliphatic rings. The first-order valence-electron chi connectivity index (χ1n) is 20.8. The summed E-state index contributed by atoms with van der Waals surface area (Å²) in [7, 11) is 0.724. The Kier molecular flexibility index (Phi) is 12.9. The number of fused-ring (bicyclic) bond motifs is 1. The van der Waals surface area contributed by atoms with E-state index in [2.05, 4.69) is 61.3 Å². The number of carbonyl (C=O) groups excluding carboxylic acids is 1. The molecule has 1 aliphatic heterocycles. The Labute approximate surface area is 363 Å². The highest BCUT2D eigenvalue weighted by molar-refractivity contribution is 6.74. The predicted octanol–water partition coefficient (Wildman–Crippen LogP) is 8.52. The van der Waals surface area contributed by atoms with E-state index in [0.29, 0.717) is 11.5 Å². The Balaban J connectivity index is 1.40. The summed E-state index contributed by atoms with van der Waals surface area (Å²) in [6, 6.07) is 35.1. The summed E-state index contributed by atoms with van der Waals surface area (Å²) in [5.41, 5.74) is 2.19. The molecule has 4 atom stereocenters. The number of anilines is 1. The topological polar surface area (TPSA) is 151 Å². The van der Waals surface area contributed by atoms with Crippen LogP contribution in [0.15, 0.2) is 125 Å². The standard InChI is InChI=1S/C48H56N6O7Si/c1-31(2)43(55)52-46-51-42-40(44(56)53-46)50-30-54(42)45-41(61-62(8,9)47(3,4)5)39(49-28-32-16-12-10-13-17-32)38(60-45)29-59-48(33-18-14-11-15-19-33,34-20-24-36(57-6)25-21-34)35-22-26-37(58-7)27-23-35/h10-28,30-31,38-39,41,45H,29H2,1-9H3,(H2,51,52,53,55,56)/b49-28+/t38-,39-,41-,45-/m1/s1. The number of imidazole rings is 1. The van der Waals surface area contributed by atoms with E-state index in [1.54, 1.807) is 32.6 Å². The Bertz CT molecular complexity index is 2490. The minimum atomic E-state index is -2.56. The van der Waals surface area contributed by atoms with Crippen molar-refractivity contribution >= 4 is 37.6 Å². The molecule has 0 radical (unpaired) electrons. The SMILES string of the molecule is COc1ccc(C(OC[C@H]2O[C@@H](n3cnc4c(=O)[nH]c(NC(=O)C(C)C)nc43)[C@H](O[Si](C)(C)C(C)(C)C)[C@@H]2/N=C/c2ccccc2)(c2ccccc2)c2ccc(OC)cc2)cc1. The molecule has 3 heterocycles. The van der Waals surface area contributed by atoms with E-state index in [1.165, 1.54) is 6.33 Å². The van der Waals surface area contributed by atoms with Crippen LogP contribution in [-0.4, -0.2) is 79.0 Å². The van der Waals surface area contributed by atoms with Crippen molar-refractivity contribution in [3.8, 4) is 11.5 Å². The van der Waals surface area contributed by atoms with Gasteiger partial charge in [0.1, 0.15) is 35.3 Å². The van der Waals surface area contributed by atoms with Gasteiger partial charge in [0.05, 0.1) is 27.2 Å². The summed E-state index contributed by atoms with van der Waals surface area (Å²) >= 11 is 0. The van der Waals surface area contributed by atoms with Gasteiger partial charge in [-0.2, -0.15) is 4.98 Å². The maximum atomic E-state index is 13.5. The molecule has 4 aromatic carbocycles. The van der Waals surface area contributed by atoms with Crippen molar-refractivity contribution in [1.29, 1.82) is 0 Å². The van der Waals surface area contributed by atoms with Gasteiger partial charge in [0.15, 0.2) is 25.7 Å². The molecule has 13 nitrogen and oxygen atoms in total. The van der Waals surface area contributed by atoms with Gasteiger partial charge in [-0.05, 0) is 64.7 Å². The number of nitrogens with one attached hydrogen (secondary N) is 2. The molecular weight excluding hydrogens is 801 g/mol. The fourth-order valence-electron chi connectivity index (χ4n) is 7.33. The van der Waals surface area contributed by atoms with E-state index in [9.17, 15) is 9.59 Å². The van der Waals surface area contributed by atoms with E-state index in [1.807, 2.05) is 103 Å². The van der Waals surface area contributed by atoms with Crippen molar-refractivity contribution in [3.05, 3.63) is 148 Å². The maximum absolute atomic E-state index is 13.5. The highest BCUT2D eigenvalue weighted by Gasteiger charge is 2.52. The normalized spacial score (nSPS) is 18.4. The monoisotopic (exact) mass is 856 g/mol. The van der Waals surface area contributed by atoms with Crippen LogP contribution in [-0.2, 0) is 24.3 Å². The molecule has 0 unspecified atom stereocenters. The number of methoxy groups -OCH3 is 2. The number of benzene rings is 4. The molecule has 0 saturated carbocycles. The third-order valence-corrected chi connectivity index (χ3v) is 16.3. The van der Waals surface area contributed by atoms with Crippen LogP contribution in [0.2, 0.25) is 18.1 Å². The number of amides is 1. The summed E-state index contributed by atoms with van der Waals surface area (Å²) in [5.74, 6) is 0.788. The van der Waals surface area contributed by atoms with E-state index in [0.717, 1.165) is 22.3 Å². The Hall–Kier alpha value is -5.93. The molecule has 1 saturated heterocycles. The van der Waals surface area contributed by atoms with Gasteiger partial charge in [0, 0.05) is 12.1 Å². The third-order valence-electron chi connectivity index (χ3n) is 11.9. The molecular formula is C48H56N6O7Si. The average Bonchev–Trinajstić information content (AvgIpc) is 3.84. The third kappa shape index (κ3) is 9.00. The lowest BCUT2D eigenvalue weighted by molar-refractivity contribution is -0.118. The second kappa shape index (κ2) is 18.2. The molecule has 0 spiro atoms. The van der Waals surface area contributed by atoms with E-state index >= 15 is 0 Å². The van der Waals surface area contributed by atoms with Crippen molar-refractivity contribution in [2.75, 3.05) is 26.1 Å². The number of hydrogen-bond donors (Lipinski definition) is 2. The highest BCUT2D eigenvalue weighted by atomic mass is 28.4. The fraction of sp³-hybridized carbons (Fsp3) is 0.354. The van der Waals surface area contributed by atoms with Crippen molar-refractivity contribution in [2.24, 2.45) is 10.9 Å². The minimum Gasteiger partial charge on any atom is -0.497 e. The van der Waals surface area contributed by atoms with Gasteiger partial charge in [0.25, 0.3) is 5.56 Å². The van der Waals surface area contributed by atoms with Crippen molar-refractivity contribution in [1.82, 2.24) is 19.5 Å². The van der Waals surface area contributed by atoms with E-state index in [-0.39, 0.29) is 40.6 Å². The summed E-state index contributed by atoms with van der Waals surface area (Å²) in [4.78, 5) is 43.4. The zero-order valence-corrected chi connectivity index (χ0v) is 37.8. The zero-order chi connectivity index (χ0) is 44.2. The maximum Gasteiger partial charge on any atom is 0.280 e. The van der Waals surface area contributed by atoms with Crippen LogP contribution in [0.5, 0.6) is 11.5 Å². The van der Waals surface area contributed by atoms with Crippen LogP contribution >= 0.6 is 0 Å². The molecule has 14 heteroatoms. The van der Waals surface area contributed by atoms with Gasteiger partial charge >= 0.3 is 0 Å². The van der Waals surface area contributed by atoms with Gasteiger partial charge in [-0.1, -0.05) is 120 Å². The Morgan fingerprint density at radius 3 is 2.00 bits per heavy atom. The van der Waals surface area contributed by atoms with E-state index in [4.69, 9.17) is 33.3 Å². The van der Waals surface area contributed by atoms with Crippen LogP contribution < -0.4 is 20.3 Å². The number of carbonyl (C=O) groups is 1. The first-order chi connectivity index (χ1) is 29.6. The zero-order valence-electron chi connectivity index (χ0n) is 36.8. The number of aromatic amines is 1. The molecule has 0 bridgehead atoms. The first-order valence-corrected chi connectivity index (χ1v) is 23.7. The second-order valence-electron chi connectivity index (χ2n) is 17.3. The number of rotatable bonds is 15. The summed E-state index contributed by atoms with van der Waals surface area (Å²) in [6.45, 7) is 14.5. The Morgan fingerprint density at radius 1 is 0.887 bits per heavy atom. The Morgan fingerprint density at radius 2 is 1.45 bits per heavy atom. The number of aromatic nitrogens is 4. The molecule has 0 aliphatic carbocycles. The summed E-state index contributed by atoms with van der Waals surface area (Å²) < 4.78 is 34.8. The number of nitrogens with zero attached hydrogens (tertiary/aromatic N) is 4. The lowest BCUT2D eigenvalue weighted by Crippen LogP contribution is -2.48. The number of H-pyrrole nitrogens is 1. The molecule has 62 heavy (non-hydrogen) atoms. The quantitative estimate of drug-likeness (QED) is 0.0589. The lowest BCUT2D eigenvalue weighted by atomic mass is 9.80. The van der Waals surface area contributed by atoms with Gasteiger partial charge < -0.3 is 23.4 Å². The summed E-state index contributed by atoms with van der Waals surface area (Å²) in [6.07, 6.45) is 1.13. The fourth-order valence-corrected chi connectivity index (χ4v) is 8.62. The largest absolute Gasteiger partial charge is 0.497 e. The van der Waals surface area contributed by atoms with Crippen LogP contribution in [0, 0.1) is 5.92 Å².